The molecule has 2 aromatic rings. The van der Waals surface area contributed by atoms with Crippen LogP contribution in [0.3, 0.4) is 0 Å². The molecular weight excluding hydrogens is 324 g/mol. The van der Waals surface area contributed by atoms with Crippen molar-refractivity contribution in [3.63, 3.8) is 0 Å². The first-order chi connectivity index (χ1) is 11.5. The summed E-state index contributed by atoms with van der Waals surface area (Å²) in [6.07, 6.45) is 2.78. The van der Waals surface area contributed by atoms with Crippen molar-refractivity contribution in [2.75, 3.05) is 23.7 Å². The minimum atomic E-state index is -3.51. The topological polar surface area (TPSA) is 66.5 Å². The van der Waals surface area contributed by atoms with Gasteiger partial charge < -0.3 is 5.32 Å². The monoisotopic (exact) mass is 346 g/mol. The third kappa shape index (κ3) is 5.70. The SMILES string of the molecule is CS(=O)(=O)N(CC(=O)NCCCc1ccccc1)c1ccccc1. The van der Waals surface area contributed by atoms with Gasteiger partial charge in [0.15, 0.2) is 0 Å². The molecule has 0 aliphatic heterocycles. The normalized spacial score (nSPS) is 11.0. The highest BCUT2D eigenvalue weighted by molar-refractivity contribution is 7.92. The lowest BCUT2D eigenvalue weighted by molar-refractivity contribution is -0.119. The van der Waals surface area contributed by atoms with Crippen molar-refractivity contribution >= 4 is 21.6 Å². The van der Waals surface area contributed by atoms with Crippen molar-refractivity contribution < 1.29 is 13.2 Å². The van der Waals surface area contributed by atoms with Gasteiger partial charge in [-0.15, -0.1) is 0 Å². The Balaban J connectivity index is 1.85. The van der Waals surface area contributed by atoms with E-state index in [0.717, 1.165) is 23.4 Å². The van der Waals surface area contributed by atoms with Crippen molar-refractivity contribution in [2.45, 2.75) is 12.8 Å². The Morgan fingerprint density at radius 1 is 1.00 bits per heavy atom. The van der Waals surface area contributed by atoms with Crippen LogP contribution < -0.4 is 9.62 Å². The van der Waals surface area contributed by atoms with E-state index in [1.165, 1.54) is 5.56 Å². The highest BCUT2D eigenvalue weighted by Gasteiger charge is 2.20. The molecule has 0 aliphatic carbocycles. The van der Waals surface area contributed by atoms with Gasteiger partial charge in [-0.2, -0.15) is 0 Å². The van der Waals surface area contributed by atoms with Gasteiger partial charge in [0.1, 0.15) is 6.54 Å². The van der Waals surface area contributed by atoms with Crippen LogP contribution in [-0.2, 0) is 21.2 Å². The molecule has 6 heteroatoms. The first-order valence-electron chi connectivity index (χ1n) is 7.80. The third-order valence-electron chi connectivity index (χ3n) is 3.54. The fraction of sp³-hybridized carbons (Fsp3) is 0.278. The van der Waals surface area contributed by atoms with Gasteiger partial charge in [0, 0.05) is 6.54 Å². The van der Waals surface area contributed by atoms with Crippen LogP contribution in [0.15, 0.2) is 60.7 Å². The first-order valence-corrected chi connectivity index (χ1v) is 9.65. The molecule has 0 heterocycles. The van der Waals surface area contributed by atoms with Crippen LogP contribution in [0.2, 0.25) is 0 Å². The number of aryl methyl sites for hydroxylation is 1. The molecule has 1 amide bonds. The number of hydrogen-bond donors (Lipinski definition) is 1. The van der Waals surface area contributed by atoms with Crippen molar-refractivity contribution in [3.05, 3.63) is 66.2 Å². The minimum Gasteiger partial charge on any atom is -0.355 e. The van der Waals surface area contributed by atoms with E-state index in [1.54, 1.807) is 30.3 Å². The van der Waals surface area contributed by atoms with E-state index in [1.807, 2.05) is 30.3 Å². The minimum absolute atomic E-state index is 0.214. The lowest BCUT2D eigenvalue weighted by Gasteiger charge is -2.21. The summed E-state index contributed by atoms with van der Waals surface area (Å²) in [5, 5.41) is 2.78. The molecule has 5 nitrogen and oxygen atoms in total. The summed E-state index contributed by atoms with van der Waals surface area (Å²) in [5.74, 6) is -0.308. The second kappa shape index (κ2) is 8.49. The average Bonchev–Trinajstić information content (AvgIpc) is 2.57. The fourth-order valence-electron chi connectivity index (χ4n) is 2.35. The van der Waals surface area contributed by atoms with Gasteiger partial charge in [-0.3, -0.25) is 9.10 Å². The molecule has 24 heavy (non-hydrogen) atoms. The summed E-state index contributed by atoms with van der Waals surface area (Å²) >= 11 is 0. The predicted octanol–water partition coefficient (Wildman–Crippen LogP) is 2.20. The van der Waals surface area contributed by atoms with E-state index in [4.69, 9.17) is 0 Å². The Labute approximate surface area is 143 Å². The molecule has 2 aromatic carbocycles. The number of anilines is 1. The van der Waals surface area contributed by atoms with Crippen molar-refractivity contribution in [1.82, 2.24) is 5.32 Å². The molecule has 0 radical (unpaired) electrons. The van der Waals surface area contributed by atoms with E-state index < -0.39 is 10.0 Å². The average molecular weight is 346 g/mol. The number of sulfonamides is 1. The van der Waals surface area contributed by atoms with Gasteiger partial charge in [0.2, 0.25) is 15.9 Å². The first kappa shape index (κ1) is 18.0. The summed E-state index contributed by atoms with van der Waals surface area (Å²) < 4.78 is 25.0. The van der Waals surface area contributed by atoms with Gasteiger partial charge in [-0.05, 0) is 30.5 Å². The second-order valence-corrected chi connectivity index (χ2v) is 7.45. The van der Waals surface area contributed by atoms with Gasteiger partial charge in [-0.1, -0.05) is 48.5 Å². The highest BCUT2D eigenvalue weighted by atomic mass is 32.2. The Hall–Kier alpha value is -2.34. The maximum Gasteiger partial charge on any atom is 0.240 e. The number of para-hydroxylation sites is 1. The Kier molecular flexibility index (Phi) is 6.37. The standard InChI is InChI=1S/C18H22N2O3S/c1-24(22,23)20(17-12-6-3-7-13-17)15-18(21)19-14-8-11-16-9-4-2-5-10-16/h2-7,9-10,12-13H,8,11,14-15H2,1H3,(H,19,21). The van der Waals surface area contributed by atoms with Gasteiger partial charge in [0.05, 0.1) is 11.9 Å². The Morgan fingerprint density at radius 3 is 2.17 bits per heavy atom. The lowest BCUT2D eigenvalue weighted by Crippen LogP contribution is -2.40. The largest absolute Gasteiger partial charge is 0.355 e. The van der Waals surface area contributed by atoms with Crippen LogP contribution in [0.25, 0.3) is 0 Å². The van der Waals surface area contributed by atoms with E-state index >= 15 is 0 Å². The number of benzene rings is 2. The van der Waals surface area contributed by atoms with E-state index in [9.17, 15) is 13.2 Å². The summed E-state index contributed by atoms with van der Waals surface area (Å²) in [5.41, 5.74) is 1.70. The summed E-state index contributed by atoms with van der Waals surface area (Å²) in [6.45, 7) is 0.300. The number of rotatable bonds is 8. The molecule has 1 N–H and O–H groups in total. The molecule has 128 valence electrons. The molecule has 0 bridgehead atoms. The Morgan fingerprint density at radius 2 is 1.58 bits per heavy atom. The van der Waals surface area contributed by atoms with Crippen LogP contribution in [0.5, 0.6) is 0 Å². The maximum atomic E-state index is 12.1. The third-order valence-corrected chi connectivity index (χ3v) is 4.68. The molecule has 0 saturated carbocycles. The maximum absolute atomic E-state index is 12.1. The van der Waals surface area contributed by atoms with Crippen molar-refractivity contribution in [2.24, 2.45) is 0 Å². The van der Waals surface area contributed by atoms with Crippen molar-refractivity contribution in [3.8, 4) is 0 Å². The number of carbonyl (C=O) groups excluding carboxylic acids is 1. The van der Waals surface area contributed by atoms with Crippen LogP contribution in [0.1, 0.15) is 12.0 Å². The second-order valence-electron chi connectivity index (χ2n) is 5.54. The zero-order valence-electron chi connectivity index (χ0n) is 13.7. The molecular formula is C18H22N2O3S. The van der Waals surface area contributed by atoms with Crippen LogP contribution in [0.4, 0.5) is 5.69 Å². The summed E-state index contributed by atoms with van der Waals surface area (Å²) in [4.78, 5) is 12.1. The van der Waals surface area contributed by atoms with Gasteiger partial charge >= 0.3 is 0 Å². The van der Waals surface area contributed by atoms with Gasteiger partial charge in [0.25, 0.3) is 0 Å². The molecule has 2 rings (SSSR count). The highest BCUT2D eigenvalue weighted by Crippen LogP contribution is 2.16. The summed E-state index contributed by atoms with van der Waals surface area (Å²) in [7, 11) is -3.51. The molecule has 0 spiro atoms. The number of nitrogens with one attached hydrogen (secondary N) is 1. The zero-order chi connectivity index (χ0) is 17.4. The lowest BCUT2D eigenvalue weighted by atomic mass is 10.1. The van der Waals surface area contributed by atoms with Crippen molar-refractivity contribution in [1.29, 1.82) is 0 Å². The van der Waals surface area contributed by atoms with Crippen LogP contribution in [0, 0.1) is 0 Å². The van der Waals surface area contributed by atoms with Gasteiger partial charge in [-0.25, -0.2) is 8.42 Å². The van der Waals surface area contributed by atoms with Crippen LogP contribution in [-0.4, -0.2) is 33.7 Å². The predicted molar refractivity (Wildman–Crippen MR) is 96.4 cm³/mol. The fourth-order valence-corrected chi connectivity index (χ4v) is 3.20. The molecule has 0 aromatic heterocycles. The molecule has 0 unspecified atom stereocenters. The number of hydrogen-bond acceptors (Lipinski definition) is 3. The Bertz CT molecular complexity index is 746. The van der Waals surface area contributed by atoms with E-state index in [2.05, 4.69) is 5.32 Å². The quantitative estimate of drug-likeness (QED) is 0.745. The molecule has 0 fully saturated rings. The number of amides is 1. The number of nitrogens with zero attached hydrogens (tertiary/aromatic N) is 1. The smallest absolute Gasteiger partial charge is 0.240 e. The zero-order valence-corrected chi connectivity index (χ0v) is 14.5. The van der Waals surface area contributed by atoms with E-state index in [0.29, 0.717) is 12.2 Å². The molecule has 0 aliphatic rings. The van der Waals surface area contributed by atoms with E-state index in [-0.39, 0.29) is 12.5 Å². The molecule has 0 saturated heterocycles. The summed E-state index contributed by atoms with van der Waals surface area (Å²) in [6, 6.07) is 18.6. The molecule has 0 atom stereocenters. The van der Waals surface area contributed by atoms with Crippen LogP contribution >= 0.6 is 0 Å². The number of carbonyl (C=O) groups is 1.